The monoisotopic (exact) mass is 372 g/mol. The van der Waals surface area contributed by atoms with Gasteiger partial charge in [0.1, 0.15) is 5.01 Å². The molecule has 0 radical (unpaired) electrons. The average molecular weight is 372 g/mol. The highest BCUT2D eigenvalue weighted by Crippen LogP contribution is 2.29. The zero-order valence-electron chi connectivity index (χ0n) is 13.1. The van der Waals surface area contributed by atoms with E-state index in [0.29, 0.717) is 5.69 Å². The number of halogens is 3. The number of anilines is 1. The van der Waals surface area contributed by atoms with E-state index >= 15 is 0 Å². The lowest BCUT2D eigenvalue weighted by molar-refractivity contribution is -0.140. The average Bonchev–Trinajstić information content (AvgIpc) is 3.05. The van der Waals surface area contributed by atoms with E-state index in [9.17, 15) is 18.0 Å². The zero-order valence-corrected chi connectivity index (χ0v) is 13.9. The Kier molecular flexibility index (Phi) is 6.28. The number of alkyl halides is 3. The molecule has 0 spiro atoms. The topological polar surface area (TPSA) is 91.3 Å². The second kappa shape index (κ2) is 8.42. The fourth-order valence-electron chi connectivity index (χ4n) is 1.71. The van der Waals surface area contributed by atoms with E-state index in [1.54, 1.807) is 18.3 Å². The first-order valence-corrected chi connectivity index (χ1v) is 7.92. The number of carbonyl (C=O) groups excluding carboxylic acids is 1. The number of guanidine groups is 1. The molecular weight excluding hydrogens is 357 g/mol. The van der Waals surface area contributed by atoms with Gasteiger partial charge in [0, 0.05) is 18.6 Å². The van der Waals surface area contributed by atoms with E-state index in [1.165, 1.54) is 13.2 Å². The first-order chi connectivity index (χ1) is 11.9. The number of pyridine rings is 1. The summed E-state index contributed by atoms with van der Waals surface area (Å²) in [6.45, 7) is -0.00905. The number of nitrogens with one attached hydrogen (secondary N) is 3. The number of amides is 1. The molecule has 0 aliphatic rings. The Morgan fingerprint density at radius 2 is 2.16 bits per heavy atom. The number of hydrogen-bond acceptors (Lipinski definition) is 5. The van der Waals surface area contributed by atoms with E-state index in [4.69, 9.17) is 0 Å². The summed E-state index contributed by atoms with van der Waals surface area (Å²) in [6.07, 6.45) is -1.37. The Balaban J connectivity index is 1.79. The minimum atomic E-state index is -4.46. The SMILES string of the molecule is CN=C(NCC(=O)Nc1cccnc1)NCc1nc(C(F)(F)F)cs1. The Morgan fingerprint density at radius 3 is 2.76 bits per heavy atom. The molecule has 0 saturated heterocycles. The van der Waals surface area contributed by atoms with Gasteiger partial charge in [0.2, 0.25) is 5.91 Å². The quantitative estimate of drug-likeness (QED) is 0.551. The van der Waals surface area contributed by atoms with Crippen LogP contribution in [0.5, 0.6) is 0 Å². The number of rotatable bonds is 5. The van der Waals surface area contributed by atoms with Crippen LogP contribution < -0.4 is 16.0 Å². The molecule has 0 aromatic carbocycles. The summed E-state index contributed by atoms with van der Waals surface area (Å²) in [4.78, 5) is 23.1. The zero-order chi connectivity index (χ0) is 18.3. The molecule has 7 nitrogen and oxygen atoms in total. The highest BCUT2D eigenvalue weighted by atomic mass is 32.1. The van der Waals surface area contributed by atoms with Gasteiger partial charge >= 0.3 is 6.18 Å². The van der Waals surface area contributed by atoms with Crippen molar-refractivity contribution in [3.05, 3.63) is 40.6 Å². The maximum absolute atomic E-state index is 12.5. The Hall–Kier alpha value is -2.69. The van der Waals surface area contributed by atoms with Gasteiger partial charge in [0.05, 0.1) is 25.0 Å². The van der Waals surface area contributed by atoms with Gasteiger partial charge in [-0.15, -0.1) is 11.3 Å². The van der Waals surface area contributed by atoms with E-state index in [1.807, 2.05) is 0 Å². The molecule has 11 heteroatoms. The molecular formula is C14H15F3N6OS. The largest absolute Gasteiger partial charge is 0.434 e. The minimum Gasteiger partial charge on any atom is -0.350 e. The standard InChI is InChI=1S/C14H15F3N6OS/c1-18-13(20-6-11(24)22-9-3-2-4-19-5-9)21-7-12-23-10(8-25-12)14(15,16)17/h2-5,8H,6-7H2,1H3,(H,22,24)(H2,18,20,21). The van der Waals surface area contributed by atoms with Crippen LogP contribution in [0.3, 0.4) is 0 Å². The third-order valence-corrected chi connectivity index (χ3v) is 3.68. The van der Waals surface area contributed by atoms with Gasteiger partial charge in [0.25, 0.3) is 0 Å². The molecule has 0 bridgehead atoms. The summed E-state index contributed by atoms with van der Waals surface area (Å²) in [5, 5.41) is 9.40. The fourth-order valence-corrected chi connectivity index (χ4v) is 2.45. The number of aromatic nitrogens is 2. The predicted octanol–water partition coefficient (Wildman–Crippen LogP) is 1.86. The maximum Gasteiger partial charge on any atom is 0.434 e. The lowest BCUT2D eigenvalue weighted by Crippen LogP contribution is -2.41. The van der Waals surface area contributed by atoms with E-state index in [0.717, 1.165) is 16.7 Å². The van der Waals surface area contributed by atoms with Crippen LogP contribution in [0.1, 0.15) is 10.7 Å². The third kappa shape index (κ3) is 6.03. The van der Waals surface area contributed by atoms with Crippen molar-refractivity contribution in [2.24, 2.45) is 4.99 Å². The van der Waals surface area contributed by atoms with Gasteiger partial charge in [-0.1, -0.05) is 0 Å². The van der Waals surface area contributed by atoms with Crippen LogP contribution in [-0.4, -0.2) is 35.4 Å². The second-order valence-electron chi connectivity index (χ2n) is 4.69. The summed E-state index contributed by atoms with van der Waals surface area (Å²) >= 11 is 0.892. The summed E-state index contributed by atoms with van der Waals surface area (Å²) in [7, 11) is 1.48. The molecule has 2 aromatic heterocycles. The van der Waals surface area contributed by atoms with Crippen LogP contribution in [0.15, 0.2) is 34.9 Å². The van der Waals surface area contributed by atoms with E-state index < -0.39 is 11.9 Å². The Morgan fingerprint density at radius 1 is 1.36 bits per heavy atom. The molecule has 1 amide bonds. The normalized spacial score (nSPS) is 11.9. The number of carbonyl (C=O) groups is 1. The van der Waals surface area contributed by atoms with Crippen LogP contribution >= 0.6 is 11.3 Å². The van der Waals surface area contributed by atoms with Crippen molar-refractivity contribution >= 4 is 28.9 Å². The molecule has 0 saturated carbocycles. The molecule has 2 aromatic rings. The molecule has 0 aliphatic carbocycles. The molecule has 0 aliphatic heterocycles. The van der Waals surface area contributed by atoms with Crippen molar-refractivity contribution in [2.75, 3.05) is 18.9 Å². The highest BCUT2D eigenvalue weighted by molar-refractivity contribution is 7.09. The fraction of sp³-hybridized carbons (Fsp3) is 0.286. The smallest absolute Gasteiger partial charge is 0.350 e. The Labute approximate surface area is 145 Å². The van der Waals surface area contributed by atoms with Crippen molar-refractivity contribution in [2.45, 2.75) is 12.7 Å². The minimum absolute atomic E-state index is 0.0602. The molecule has 2 rings (SSSR count). The third-order valence-electron chi connectivity index (χ3n) is 2.83. The van der Waals surface area contributed by atoms with Crippen LogP contribution in [0.4, 0.5) is 18.9 Å². The van der Waals surface area contributed by atoms with Gasteiger partial charge in [-0.25, -0.2) is 4.98 Å². The molecule has 0 fully saturated rings. The summed E-state index contributed by atoms with van der Waals surface area (Å²) in [5.74, 6) is -0.0466. The van der Waals surface area contributed by atoms with Crippen molar-refractivity contribution in [1.82, 2.24) is 20.6 Å². The van der Waals surface area contributed by atoms with Crippen LogP contribution in [0, 0.1) is 0 Å². The molecule has 3 N–H and O–H groups in total. The second-order valence-corrected chi connectivity index (χ2v) is 5.64. The summed E-state index contributed by atoms with van der Waals surface area (Å²) in [6, 6.07) is 3.38. The number of hydrogen-bond donors (Lipinski definition) is 3. The summed E-state index contributed by atoms with van der Waals surface area (Å²) in [5.41, 5.74) is -0.368. The van der Waals surface area contributed by atoms with Crippen molar-refractivity contribution in [1.29, 1.82) is 0 Å². The first-order valence-electron chi connectivity index (χ1n) is 7.04. The molecule has 25 heavy (non-hydrogen) atoms. The molecule has 0 atom stereocenters. The van der Waals surface area contributed by atoms with Crippen LogP contribution in [0.25, 0.3) is 0 Å². The van der Waals surface area contributed by atoms with Crippen LogP contribution in [-0.2, 0) is 17.5 Å². The Bertz CT molecular complexity index is 732. The van der Waals surface area contributed by atoms with Gasteiger partial charge in [-0.05, 0) is 12.1 Å². The van der Waals surface area contributed by atoms with Crippen molar-refractivity contribution in [3.8, 4) is 0 Å². The molecule has 0 unspecified atom stereocenters. The van der Waals surface area contributed by atoms with Crippen LogP contribution in [0.2, 0.25) is 0 Å². The first kappa shape index (κ1) is 18.6. The molecule has 134 valence electrons. The van der Waals surface area contributed by atoms with E-state index in [-0.39, 0.29) is 30.0 Å². The predicted molar refractivity (Wildman–Crippen MR) is 88.2 cm³/mol. The van der Waals surface area contributed by atoms with Crippen molar-refractivity contribution in [3.63, 3.8) is 0 Å². The van der Waals surface area contributed by atoms with Gasteiger partial charge in [-0.3, -0.25) is 14.8 Å². The highest BCUT2D eigenvalue weighted by Gasteiger charge is 2.33. The number of nitrogens with zero attached hydrogens (tertiary/aromatic N) is 3. The maximum atomic E-state index is 12.5. The lowest BCUT2D eigenvalue weighted by atomic mass is 10.4. The number of thiazole rings is 1. The number of aliphatic imine (C=N–C) groups is 1. The van der Waals surface area contributed by atoms with E-state index in [2.05, 4.69) is 30.9 Å². The lowest BCUT2D eigenvalue weighted by Gasteiger charge is -2.11. The van der Waals surface area contributed by atoms with Gasteiger partial charge < -0.3 is 16.0 Å². The van der Waals surface area contributed by atoms with Gasteiger partial charge in [-0.2, -0.15) is 13.2 Å². The summed E-state index contributed by atoms with van der Waals surface area (Å²) < 4.78 is 37.5. The van der Waals surface area contributed by atoms with Crippen molar-refractivity contribution < 1.29 is 18.0 Å². The van der Waals surface area contributed by atoms with Gasteiger partial charge in [0.15, 0.2) is 11.7 Å². The molecule has 2 heterocycles.